The Bertz CT molecular complexity index is 2530. The van der Waals surface area contributed by atoms with Gasteiger partial charge in [0.25, 0.3) is 0 Å². The first-order valence-corrected chi connectivity index (χ1v) is 22.3. The number of carbonyl (C=O) groups is 3. The van der Waals surface area contributed by atoms with Crippen molar-refractivity contribution in [2.45, 2.75) is 94.7 Å². The van der Waals surface area contributed by atoms with Gasteiger partial charge in [0.05, 0.1) is 31.6 Å². The van der Waals surface area contributed by atoms with E-state index in [1.807, 2.05) is 0 Å². The van der Waals surface area contributed by atoms with E-state index in [9.17, 15) is 38.4 Å². The zero-order valence-corrected chi connectivity index (χ0v) is 35.0. The molecular weight excluding hydrogens is 882 g/mol. The van der Waals surface area contributed by atoms with E-state index in [-0.39, 0.29) is 35.5 Å². The van der Waals surface area contributed by atoms with E-state index >= 15 is 0 Å². The number of imidazole rings is 2. The Morgan fingerprint density at radius 3 is 2.25 bits per heavy atom. The van der Waals surface area contributed by atoms with Gasteiger partial charge in [-0.05, 0) is 38.7 Å². The van der Waals surface area contributed by atoms with Crippen LogP contribution in [0.15, 0.2) is 37.5 Å². The number of carboxylic acids is 1. The summed E-state index contributed by atoms with van der Waals surface area (Å²) < 4.78 is 75.5. The molecule has 29 heteroatoms. The number of allylic oxidation sites excluding steroid dienone is 1. The normalized spacial score (nSPS) is 35.6. The number of aliphatic carboxylic acids is 1. The average Bonchev–Trinajstić information content (AvgIpc) is 4.00. The van der Waals surface area contributed by atoms with Gasteiger partial charge in [-0.1, -0.05) is 13.0 Å². The Hall–Kier alpha value is -5.05. The molecule has 7 heterocycles. The number of carboxylic acid groups (broad SMARTS) is 1. The average molecular weight is 925 g/mol. The molecule has 0 aromatic carbocycles. The predicted octanol–water partition coefficient (Wildman–Crippen LogP) is 0.958. The third kappa shape index (κ3) is 9.30. The quantitative estimate of drug-likeness (QED) is 0.0854. The molecule has 3 saturated heterocycles. The molecule has 3 aliphatic heterocycles. The van der Waals surface area contributed by atoms with E-state index in [0.29, 0.717) is 24.1 Å². The number of hydrogen-bond donors (Lipinski definition) is 6. The standard InChI is InChI=1S/C34H42N10O17P2/c1-16-21-28(39-12-37-16)43(14-41-21)30-25-23(47)18(57-30)10-54-62(50,51)60-24-19(11-55-63(52,53)61-25)58-31(44-15-42-22-27(35)38-13-40-29(22)44)26(24)59-33(49)56-17-5-3-4-7-34(2,8-6-17)32(48)36-9-20(45)46/h3,5,12-15,17-19,23-26,30-31,47H,4,6-11H2,1-2H3,(H,36,48)(H,45,46)(H,50,51)(H,52,53)(H2,35,38,40)/b5-3+/t17?,18-,19-,23-,24-,25-,26-,30-,31-,34?/m1/s1. The van der Waals surface area contributed by atoms with Gasteiger partial charge < -0.3 is 50.0 Å². The van der Waals surface area contributed by atoms with Crippen LogP contribution in [0.1, 0.15) is 50.8 Å². The maximum Gasteiger partial charge on any atom is 0.509 e. The van der Waals surface area contributed by atoms with Crippen molar-refractivity contribution in [3.63, 3.8) is 0 Å². The molecule has 7 N–H and O–H groups in total. The number of fused-ring (bicyclic) bond motifs is 5. The first kappa shape index (κ1) is 44.6. The van der Waals surface area contributed by atoms with Gasteiger partial charge in [-0.15, -0.1) is 0 Å². The van der Waals surface area contributed by atoms with Crippen LogP contribution >= 0.6 is 15.6 Å². The number of hydrogen-bond acceptors (Lipinski definition) is 21. The summed E-state index contributed by atoms with van der Waals surface area (Å²) in [6.45, 7) is 0.982. The fourth-order valence-electron chi connectivity index (χ4n) is 7.72. The number of nitrogens with zero attached hydrogens (tertiary/aromatic N) is 8. The number of nitrogen functional groups attached to an aromatic ring is 1. The molecule has 0 spiro atoms. The minimum atomic E-state index is -5.29. The van der Waals surface area contributed by atoms with Crippen LogP contribution in [-0.4, -0.2) is 140 Å². The second-order valence-corrected chi connectivity index (χ2v) is 18.1. The Kier molecular flexibility index (Phi) is 12.4. The molecule has 3 fully saturated rings. The summed E-state index contributed by atoms with van der Waals surface area (Å²) in [4.78, 5) is 84.9. The van der Waals surface area contributed by atoms with Crippen molar-refractivity contribution < 1.29 is 80.6 Å². The number of phosphoric acid groups is 2. The second kappa shape index (κ2) is 17.5. The molecule has 2 bridgehead atoms. The van der Waals surface area contributed by atoms with Crippen LogP contribution in [0.4, 0.5) is 10.6 Å². The lowest BCUT2D eigenvalue weighted by molar-refractivity contribution is -0.140. The third-order valence-electron chi connectivity index (χ3n) is 11.0. The Labute approximate surface area is 355 Å². The van der Waals surface area contributed by atoms with E-state index in [1.54, 1.807) is 26.0 Å². The van der Waals surface area contributed by atoms with Crippen molar-refractivity contribution in [3.8, 4) is 0 Å². The number of aliphatic hydroxyl groups excluding tert-OH is 1. The molecular formula is C34H42N10O17P2. The number of phosphoric ester groups is 2. The topological polar surface area (TPSA) is 365 Å². The van der Waals surface area contributed by atoms with E-state index < -0.39 is 114 Å². The summed E-state index contributed by atoms with van der Waals surface area (Å²) in [6, 6.07) is 0. The minimum Gasteiger partial charge on any atom is -0.480 e. The molecule has 1 amide bonds. The molecule has 8 rings (SSSR count). The molecule has 0 radical (unpaired) electrons. The highest BCUT2D eigenvalue weighted by molar-refractivity contribution is 7.47. The highest BCUT2D eigenvalue weighted by atomic mass is 31.2. The van der Waals surface area contributed by atoms with Crippen LogP contribution in [-0.2, 0) is 55.8 Å². The van der Waals surface area contributed by atoms with Gasteiger partial charge in [-0.3, -0.25) is 36.8 Å². The first-order valence-electron chi connectivity index (χ1n) is 19.3. The monoisotopic (exact) mass is 924 g/mol. The summed E-state index contributed by atoms with van der Waals surface area (Å²) in [5.41, 5.74) is 6.20. The molecule has 4 aliphatic rings. The van der Waals surface area contributed by atoms with Crippen LogP contribution in [0.5, 0.6) is 0 Å². The summed E-state index contributed by atoms with van der Waals surface area (Å²) in [5, 5.41) is 22.7. The highest BCUT2D eigenvalue weighted by Gasteiger charge is 2.56. The van der Waals surface area contributed by atoms with E-state index in [1.165, 1.54) is 28.1 Å². The molecule has 4 aromatic rings. The zero-order chi connectivity index (χ0) is 44.8. The Morgan fingerprint density at radius 1 is 0.889 bits per heavy atom. The van der Waals surface area contributed by atoms with Crippen LogP contribution in [0, 0.1) is 12.3 Å². The number of anilines is 1. The van der Waals surface area contributed by atoms with Crippen molar-refractivity contribution in [1.82, 2.24) is 44.4 Å². The SMILES string of the molecule is Cc1ncnc2c1ncn2[C@@H]1O[C@@H]2COP(=O)(O)O[C@H]3[C@@H](OC(=O)OC4/C=C/CCC(C)(C(=O)NCC(=O)O)CC4)[C@H](n4cnc5c(N)ncnc54)O[C@@H]3COP(=O)(O)O[C@@H]1[C@@H]2O. The number of carbonyl (C=O) groups excluding carboxylic acids is 2. The number of aromatic nitrogens is 8. The van der Waals surface area contributed by atoms with E-state index in [0.717, 1.165) is 6.33 Å². The molecule has 27 nitrogen and oxygen atoms in total. The number of amides is 1. The van der Waals surface area contributed by atoms with Crippen LogP contribution < -0.4 is 11.1 Å². The number of ether oxygens (including phenoxy) is 4. The first-order chi connectivity index (χ1) is 29.9. The number of nitrogens with two attached hydrogens (primary N) is 1. The van der Waals surface area contributed by atoms with Crippen LogP contribution in [0.25, 0.3) is 22.3 Å². The summed E-state index contributed by atoms with van der Waals surface area (Å²) in [7, 11) is -10.5. The lowest BCUT2D eigenvalue weighted by atomic mass is 9.78. The summed E-state index contributed by atoms with van der Waals surface area (Å²) >= 11 is 0. The zero-order valence-electron chi connectivity index (χ0n) is 33.3. The second-order valence-electron chi connectivity index (χ2n) is 15.3. The molecule has 63 heavy (non-hydrogen) atoms. The number of rotatable bonds is 7. The molecule has 0 saturated carbocycles. The lowest BCUT2D eigenvalue weighted by Crippen LogP contribution is -2.42. The molecule has 4 aromatic heterocycles. The number of aryl methyl sites for hydroxylation is 1. The Balaban J connectivity index is 1.07. The molecule has 1 aliphatic carbocycles. The summed E-state index contributed by atoms with van der Waals surface area (Å²) in [6.07, 6.45) is -6.28. The van der Waals surface area contributed by atoms with Crippen molar-refractivity contribution in [2.24, 2.45) is 5.41 Å². The van der Waals surface area contributed by atoms with Crippen LogP contribution in [0.2, 0.25) is 0 Å². The van der Waals surface area contributed by atoms with Gasteiger partial charge in [-0.2, -0.15) is 0 Å². The summed E-state index contributed by atoms with van der Waals surface area (Å²) in [5.74, 6) is -1.74. The van der Waals surface area contributed by atoms with Gasteiger partial charge in [0.1, 0.15) is 66.9 Å². The Morgan fingerprint density at radius 2 is 1.52 bits per heavy atom. The fraction of sp³-hybridized carbons (Fsp3) is 0.559. The maximum absolute atomic E-state index is 13.8. The van der Waals surface area contributed by atoms with Crippen molar-refractivity contribution >= 4 is 61.8 Å². The number of aliphatic hydroxyl groups is 1. The van der Waals surface area contributed by atoms with Gasteiger partial charge in [0, 0.05) is 5.41 Å². The third-order valence-corrected chi connectivity index (χ3v) is 13.0. The smallest absolute Gasteiger partial charge is 0.480 e. The van der Waals surface area contributed by atoms with Crippen molar-refractivity contribution in [2.75, 3.05) is 25.5 Å². The van der Waals surface area contributed by atoms with Crippen molar-refractivity contribution in [1.29, 1.82) is 0 Å². The molecule has 12 atom stereocenters. The van der Waals surface area contributed by atoms with Crippen molar-refractivity contribution in [3.05, 3.63) is 43.2 Å². The lowest BCUT2D eigenvalue weighted by Gasteiger charge is -2.31. The molecule has 4 unspecified atom stereocenters. The van der Waals surface area contributed by atoms with Gasteiger partial charge >= 0.3 is 27.8 Å². The van der Waals surface area contributed by atoms with Crippen LogP contribution in [0.3, 0.4) is 0 Å². The minimum absolute atomic E-state index is 0.0364. The highest BCUT2D eigenvalue weighted by Crippen LogP contribution is 2.54. The van der Waals surface area contributed by atoms with E-state index in [2.05, 4.69) is 35.2 Å². The van der Waals surface area contributed by atoms with Gasteiger partial charge in [-0.25, -0.2) is 43.8 Å². The molecule has 340 valence electrons. The van der Waals surface area contributed by atoms with Gasteiger partial charge in [0.15, 0.2) is 35.7 Å². The van der Waals surface area contributed by atoms with Gasteiger partial charge in [0.2, 0.25) is 5.91 Å². The predicted molar refractivity (Wildman–Crippen MR) is 206 cm³/mol. The van der Waals surface area contributed by atoms with E-state index in [4.69, 9.17) is 47.9 Å². The fourth-order valence-corrected chi connectivity index (χ4v) is 9.61. The maximum atomic E-state index is 13.8. The largest absolute Gasteiger partial charge is 0.509 e. The number of nitrogens with one attached hydrogen (secondary N) is 1.